The number of carbonyl (C=O) groups excluding carboxylic acids is 1. The van der Waals surface area contributed by atoms with Crippen LogP contribution in [0.3, 0.4) is 0 Å². The molecule has 0 fully saturated rings. The van der Waals surface area contributed by atoms with Crippen LogP contribution in [0, 0.1) is 0 Å². The number of hydrogen-bond donors (Lipinski definition) is 1. The summed E-state index contributed by atoms with van der Waals surface area (Å²) in [5.74, 6) is 0.712. The average molecular weight is 398 g/mol. The minimum atomic E-state index is -0.220. The highest BCUT2D eigenvalue weighted by molar-refractivity contribution is 9.10. The van der Waals surface area contributed by atoms with Crippen LogP contribution in [-0.2, 0) is 6.54 Å². The van der Waals surface area contributed by atoms with Gasteiger partial charge < -0.3 is 9.88 Å². The van der Waals surface area contributed by atoms with Gasteiger partial charge in [0, 0.05) is 16.6 Å². The Labute approximate surface area is 155 Å². The van der Waals surface area contributed by atoms with Gasteiger partial charge in [-0.3, -0.25) is 4.79 Å². The fraction of sp³-hybridized carbons (Fsp3) is 0.200. The summed E-state index contributed by atoms with van der Waals surface area (Å²) in [5.41, 5.74) is 3.63. The Hall–Kier alpha value is -2.40. The number of nitrogens with zero attached hydrogens (tertiary/aromatic N) is 2. The minimum absolute atomic E-state index is 0.117. The molecule has 1 atom stereocenters. The summed E-state index contributed by atoms with van der Waals surface area (Å²) in [4.78, 5) is 17.2. The number of amides is 1. The lowest BCUT2D eigenvalue weighted by molar-refractivity contribution is 0.0938. The normalized spacial score (nSPS) is 12.1. The zero-order valence-electron chi connectivity index (χ0n) is 14.3. The number of nitrogens with one attached hydrogen (secondary N) is 1. The van der Waals surface area contributed by atoms with E-state index in [1.165, 1.54) is 0 Å². The minimum Gasteiger partial charge on any atom is -0.342 e. The van der Waals surface area contributed by atoms with Gasteiger partial charge in [0.1, 0.15) is 5.82 Å². The predicted octanol–water partition coefficient (Wildman–Crippen LogP) is 4.87. The van der Waals surface area contributed by atoms with Gasteiger partial charge in [-0.15, -0.1) is 0 Å². The van der Waals surface area contributed by atoms with Crippen molar-refractivity contribution in [2.75, 3.05) is 0 Å². The Morgan fingerprint density at radius 1 is 1.24 bits per heavy atom. The van der Waals surface area contributed by atoms with Gasteiger partial charge >= 0.3 is 0 Å². The van der Waals surface area contributed by atoms with E-state index in [0.29, 0.717) is 12.1 Å². The Morgan fingerprint density at radius 3 is 2.60 bits per heavy atom. The topological polar surface area (TPSA) is 46.9 Å². The Balaban J connectivity index is 1.90. The van der Waals surface area contributed by atoms with Crippen LogP contribution < -0.4 is 5.32 Å². The molecule has 0 radical (unpaired) electrons. The summed E-state index contributed by atoms with van der Waals surface area (Å²) in [5, 5.41) is 3.04. The second-order valence-corrected chi connectivity index (χ2v) is 7.12. The van der Waals surface area contributed by atoms with Crippen molar-refractivity contribution in [2.24, 2.45) is 0 Å². The van der Waals surface area contributed by atoms with E-state index in [2.05, 4.69) is 32.4 Å². The van der Waals surface area contributed by atoms with Crippen molar-refractivity contribution in [2.45, 2.75) is 26.4 Å². The first-order chi connectivity index (χ1) is 12.0. The third kappa shape index (κ3) is 3.82. The second-order valence-electron chi connectivity index (χ2n) is 6.20. The van der Waals surface area contributed by atoms with E-state index in [1.54, 1.807) is 12.1 Å². The third-order valence-corrected chi connectivity index (χ3v) is 4.48. The van der Waals surface area contributed by atoms with Gasteiger partial charge in [-0.2, -0.15) is 0 Å². The summed E-state index contributed by atoms with van der Waals surface area (Å²) in [6, 6.07) is 15.1. The quantitative estimate of drug-likeness (QED) is 0.624. The highest BCUT2D eigenvalue weighted by Gasteiger charge is 2.19. The zero-order valence-corrected chi connectivity index (χ0v) is 15.9. The van der Waals surface area contributed by atoms with Crippen molar-refractivity contribution in [3.63, 3.8) is 0 Å². The van der Waals surface area contributed by atoms with Crippen LogP contribution in [0.4, 0.5) is 0 Å². The molecule has 0 aliphatic rings. The maximum absolute atomic E-state index is 12.5. The molecule has 1 aromatic heterocycles. The summed E-state index contributed by atoms with van der Waals surface area (Å²) < 4.78 is 3.06. The molecule has 1 unspecified atom stereocenters. The van der Waals surface area contributed by atoms with Crippen LogP contribution in [0.5, 0.6) is 0 Å². The van der Waals surface area contributed by atoms with E-state index < -0.39 is 0 Å². The number of carbonyl (C=O) groups is 1. The molecule has 4 nitrogen and oxygen atoms in total. The van der Waals surface area contributed by atoms with Crippen LogP contribution in [0.15, 0.2) is 65.2 Å². The molecule has 2 aromatic carbocycles. The first-order valence-electron chi connectivity index (χ1n) is 8.11. The monoisotopic (exact) mass is 397 g/mol. The first-order valence-corrected chi connectivity index (χ1v) is 8.91. The second kappa shape index (κ2) is 7.23. The highest BCUT2D eigenvalue weighted by Crippen LogP contribution is 2.22. The summed E-state index contributed by atoms with van der Waals surface area (Å²) in [6.45, 7) is 8.63. The van der Waals surface area contributed by atoms with Crippen LogP contribution in [0.2, 0.25) is 0 Å². The molecule has 0 bridgehead atoms. The zero-order chi connectivity index (χ0) is 18.0. The van der Waals surface area contributed by atoms with Crippen molar-refractivity contribution in [3.05, 3.63) is 76.5 Å². The van der Waals surface area contributed by atoms with E-state index in [-0.39, 0.29) is 11.9 Å². The number of halogens is 1. The third-order valence-electron chi connectivity index (χ3n) is 3.95. The molecule has 0 spiro atoms. The van der Waals surface area contributed by atoms with Gasteiger partial charge in [-0.25, -0.2) is 4.98 Å². The SMILES string of the molecule is C=C(C)Cn1c(C(C)NC(=O)c2ccc(Br)cc2)nc2ccccc21. The van der Waals surface area contributed by atoms with Gasteiger partial charge in [0.15, 0.2) is 0 Å². The summed E-state index contributed by atoms with van der Waals surface area (Å²) in [7, 11) is 0. The summed E-state index contributed by atoms with van der Waals surface area (Å²) >= 11 is 3.38. The molecule has 0 aliphatic heterocycles. The molecule has 3 rings (SSSR count). The summed E-state index contributed by atoms with van der Waals surface area (Å²) in [6.07, 6.45) is 0. The lowest BCUT2D eigenvalue weighted by Gasteiger charge is -2.16. The van der Waals surface area contributed by atoms with E-state index in [4.69, 9.17) is 4.98 Å². The van der Waals surface area contributed by atoms with Crippen molar-refractivity contribution in [3.8, 4) is 0 Å². The average Bonchev–Trinajstić information content (AvgIpc) is 2.93. The van der Waals surface area contributed by atoms with Crippen LogP contribution >= 0.6 is 15.9 Å². The molecule has 0 aliphatic carbocycles. The van der Waals surface area contributed by atoms with Crippen LogP contribution in [0.1, 0.15) is 36.1 Å². The number of hydrogen-bond acceptors (Lipinski definition) is 2. The largest absolute Gasteiger partial charge is 0.342 e. The first kappa shape index (κ1) is 17.4. The molecular formula is C20H20BrN3O. The van der Waals surface area contributed by atoms with Crippen LogP contribution in [-0.4, -0.2) is 15.5 Å². The van der Waals surface area contributed by atoms with E-state index >= 15 is 0 Å². The maximum Gasteiger partial charge on any atom is 0.251 e. The molecule has 0 saturated carbocycles. The maximum atomic E-state index is 12.5. The fourth-order valence-electron chi connectivity index (χ4n) is 2.81. The van der Waals surface area contributed by atoms with Gasteiger partial charge in [-0.1, -0.05) is 40.2 Å². The number of rotatable bonds is 5. The lowest BCUT2D eigenvalue weighted by Crippen LogP contribution is -2.28. The number of aromatic nitrogens is 2. The van der Waals surface area contributed by atoms with Crippen molar-refractivity contribution < 1.29 is 4.79 Å². The Kier molecular flexibility index (Phi) is 5.04. The molecule has 5 heteroatoms. The van der Waals surface area contributed by atoms with E-state index in [0.717, 1.165) is 26.9 Å². The Bertz CT molecular complexity index is 928. The predicted molar refractivity (Wildman–Crippen MR) is 105 cm³/mol. The van der Waals surface area contributed by atoms with Gasteiger partial charge in [0.25, 0.3) is 5.91 Å². The number of imidazole rings is 1. The molecular weight excluding hydrogens is 378 g/mol. The van der Waals surface area contributed by atoms with Gasteiger partial charge in [0.05, 0.1) is 17.1 Å². The number of fused-ring (bicyclic) bond motifs is 1. The fourth-order valence-corrected chi connectivity index (χ4v) is 3.07. The molecule has 1 amide bonds. The molecule has 1 N–H and O–H groups in total. The van der Waals surface area contributed by atoms with Gasteiger partial charge in [-0.05, 0) is 50.2 Å². The standard InChI is InChI=1S/C20H20BrN3O/c1-13(2)12-24-18-7-5-4-6-17(18)23-19(24)14(3)22-20(25)15-8-10-16(21)11-9-15/h4-11,14H,1,12H2,2-3H3,(H,22,25). The van der Waals surface area contributed by atoms with Gasteiger partial charge in [0.2, 0.25) is 0 Å². The van der Waals surface area contributed by atoms with Crippen molar-refractivity contribution in [1.29, 1.82) is 0 Å². The van der Waals surface area contributed by atoms with Crippen molar-refractivity contribution >= 4 is 32.9 Å². The lowest BCUT2D eigenvalue weighted by atomic mass is 10.2. The van der Waals surface area contributed by atoms with E-state index in [9.17, 15) is 4.79 Å². The molecule has 0 saturated heterocycles. The molecule has 25 heavy (non-hydrogen) atoms. The number of allylic oxidation sites excluding steroid dienone is 1. The molecule has 3 aromatic rings. The van der Waals surface area contributed by atoms with Crippen molar-refractivity contribution in [1.82, 2.24) is 14.9 Å². The smallest absolute Gasteiger partial charge is 0.251 e. The number of para-hydroxylation sites is 2. The van der Waals surface area contributed by atoms with E-state index in [1.807, 2.05) is 50.2 Å². The highest BCUT2D eigenvalue weighted by atomic mass is 79.9. The molecule has 1 heterocycles. The van der Waals surface area contributed by atoms with Crippen LogP contribution in [0.25, 0.3) is 11.0 Å². The Morgan fingerprint density at radius 2 is 1.92 bits per heavy atom. The molecule has 128 valence electrons. The number of benzene rings is 2.